The maximum absolute atomic E-state index is 10.4. The number of aromatic hydroxyl groups is 1. The van der Waals surface area contributed by atoms with Crippen molar-refractivity contribution in [2.45, 2.75) is 132 Å². The van der Waals surface area contributed by atoms with Gasteiger partial charge in [0.25, 0.3) is 0 Å². The van der Waals surface area contributed by atoms with E-state index in [1.165, 1.54) is 68.6 Å². The minimum absolute atomic E-state index is 0.0576. The summed E-state index contributed by atoms with van der Waals surface area (Å²) in [6.07, 6.45) is 18.1. The van der Waals surface area contributed by atoms with E-state index in [1.54, 1.807) is 11.6 Å². The lowest BCUT2D eigenvalue weighted by molar-refractivity contribution is 0.0114. The maximum Gasteiger partial charge on any atom is 0.125 e. The normalized spacial score (nSPS) is 26.2. The minimum atomic E-state index is 0.0576. The number of benzene rings is 2. The number of phenolic OH excluding ortho intramolecular Hbond substituents is 1. The number of phenols is 1. The van der Waals surface area contributed by atoms with Gasteiger partial charge in [0.05, 0.1) is 0 Å². The average molecular weight is 616 g/mol. The Bertz CT molecular complexity index is 1260. The molecule has 2 saturated carbocycles. The summed E-state index contributed by atoms with van der Waals surface area (Å²) in [5, 5.41) is 12.4. The third-order valence-corrected chi connectivity index (χ3v) is 10.6. The number of nitrogens with two attached hydrogens (primary N) is 1. The summed E-state index contributed by atoms with van der Waals surface area (Å²) in [6.45, 7) is 30.4. The van der Waals surface area contributed by atoms with Crippen LogP contribution in [0.3, 0.4) is 0 Å². The van der Waals surface area contributed by atoms with Crippen molar-refractivity contribution in [1.29, 1.82) is 0 Å². The first-order chi connectivity index (χ1) is 21.4. The van der Waals surface area contributed by atoms with Crippen LogP contribution in [0, 0.1) is 29.6 Å². The summed E-state index contributed by atoms with van der Waals surface area (Å²) in [7, 11) is 0. The molecule has 2 fully saturated rings. The molecule has 252 valence electrons. The molecule has 0 aliphatic heterocycles. The summed E-state index contributed by atoms with van der Waals surface area (Å²) in [5.74, 6) is 1.75. The van der Waals surface area contributed by atoms with Crippen molar-refractivity contribution in [2.75, 3.05) is 6.54 Å². The zero-order valence-corrected chi connectivity index (χ0v) is 30.9. The van der Waals surface area contributed by atoms with Crippen LogP contribution in [-0.4, -0.2) is 11.7 Å². The van der Waals surface area contributed by atoms with Gasteiger partial charge < -0.3 is 10.8 Å². The zero-order valence-electron chi connectivity index (χ0n) is 30.9. The first-order valence-electron chi connectivity index (χ1n) is 17.9. The van der Waals surface area contributed by atoms with Crippen LogP contribution in [0.4, 0.5) is 0 Å². The third kappa shape index (κ3) is 10.2. The predicted molar refractivity (Wildman–Crippen MR) is 202 cm³/mol. The molecule has 3 aliphatic carbocycles. The standard InChI is InChI=1S/C28H41NO.C6H6.C4H10.C3H6.C2H6/c1-18(17-29)9-11-26(4)13-14-27(5)21(16-26)10-12-28(6)23-15-19(2)25(30)20(3)22(23)7-8-24(27)28;1-2-4-6-5-3-1;1-3-4-2;1-3-2;1-2/h7-8,15,18,21,30H,2,9-14,16-17,29H2,1,3-6H3;1-6H;3-4H2,1-2H3;3H,1H2,2H3;1-2H3. The fraction of sp³-hybridized carbons (Fsp3) is 0.581. The topological polar surface area (TPSA) is 46.2 Å². The molecule has 0 amide bonds. The Morgan fingerprint density at radius 3 is 2.00 bits per heavy atom. The number of rotatable bonds is 5. The van der Waals surface area contributed by atoms with E-state index >= 15 is 0 Å². The van der Waals surface area contributed by atoms with Gasteiger partial charge in [-0.15, -0.1) is 6.58 Å². The van der Waals surface area contributed by atoms with E-state index in [9.17, 15) is 5.11 Å². The number of unbranched alkanes of at least 4 members (excludes halogenated alkanes) is 1. The van der Waals surface area contributed by atoms with Crippen molar-refractivity contribution in [2.24, 2.45) is 28.4 Å². The molecule has 5 rings (SSSR count). The van der Waals surface area contributed by atoms with Gasteiger partial charge in [-0.05, 0) is 110 Å². The predicted octanol–water partition coefficient (Wildman–Crippen LogP) is 10.8. The van der Waals surface area contributed by atoms with Gasteiger partial charge in [0.1, 0.15) is 5.75 Å². The van der Waals surface area contributed by atoms with Crippen LogP contribution in [0.2, 0.25) is 0 Å². The summed E-state index contributed by atoms with van der Waals surface area (Å²) in [6, 6.07) is 14.2. The van der Waals surface area contributed by atoms with Crippen LogP contribution in [0.1, 0.15) is 131 Å². The van der Waals surface area contributed by atoms with E-state index < -0.39 is 0 Å². The Morgan fingerprint density at radius 1 is 0.978 bits per heavy atom. The highest BCUT2D eigenvalue weighted by Gasteiger charge is 2.54. The molecule has 2 aromatic carbocycles. The first kappa shape index (κ1) is 40.4. The molecule has 0 radical (unpaired) electrons. The van der Waals surface area contributed by atoms with Crippen molar-refractivity contribution in [1.82, 2.24) is 0 Å². The number of hydrogen-bond donors (Lipinski definition) is 2. The molecule has 3 N–H and O–H groups in total. The molecule has 2 nitrogen and oxygen atoms in total. The van der Waals surface area contributed by atoms with Crippen LogP contribution in [0.5, 0.6) is 5.75 Å². The third-order valence-electron chi connectivity index (χ3n) is 10.6. The van der Waals surface area contributed by atoms with Crippen molar-refractivity contribution in [3.05, 3.63) is 88.3 Å². The maximum atomic E-state index is 10.4. The zero-order chi connectivity index (χ0) is 34.3. The average Bonchev–Trinajstić information content (AvgIpc) is 3.06. The van der Waals surface area contributed by atoms with Crippen LogP contribution < -0.4 is 16.2 Å². The monoisotopic (exact) mass is 616 g/mol. The molecule has 0 saturated heterocycles. The highest BCUT2D eigenvalue weighted by Crippen LogP contribution is 2.63. The highest BCUT2D eigenvalue weighted by molar-refractivity contribution is 5.60. The molecular weight excluding hydrogens is 546 g/mol. The van der Waals surface area contributed by atoms with E-state index in [2.05, 4.69) is 72.9 Å². The number of fused-ring (bicyclic) bond motifs is 5. The van der Waals surface area contributed by atoms with Gasteiger partial charge >= 0.3 is 0 Å². The van der Waals surface area contributed by atoms with Crippen LogP contribution in [0.25, 0.3) is 12.7 Å². The van der Waals surface area contributed by atoms with Gasteiger partial charge in [-0.1, -0.05) is 135 Å². The van der Waals surface area contributed by atoms with E-state index in [-0.39, 0.29) is 10.8 Å². The summed E-state index contributed by atoms with van der Waals surface area (Å²) >= 11 is 0. The van der Waals surface area contributed by atoms with Gasteiger partial charge in [-0.3, -0.25) is 0 Å². The van der Waals surface area contributed by atoms with Gasteiger partial charge in [0.15, 0.2) is 0 Å². The smallest absolute Gasteiger partial charge is 0.125 e. The lowest BCUT2D eigenvalue weighted by Crippen LogP contribution is -2.51. The van der Waals surface area contributed by atoms with E-state index in [1.807, 2.05) is 64.1 Å². The molecule has 0 bridgehead atoms. The molecule has 0 aromatic heterocycles. The second-order valence-corrected chi connectivity index (χ2v) is 14.2. The number of hydrogen-bond acceptors (Lipinski definition) is 2. The second-order valence-electron chi connectivity index (χ2n) is 14.2. The fourth-order valence-electron chi connectivity index (χ4n) is 7.40. The lowest BCUT2D eigenvalue weighted by atomic mass is 9.46. The molecule has 5 atom stereocenters. The van der Waals surface area contributed by atoms with Crippen molar-refractivity contribution in [3.63, 3.8) is 0 Å². The quantitative estimate of drug-likeness (QED) is 0.329. The molecule has 5 unspecified atom stereocenters. The largest absolute Gasteiger partial charge is 0.507 e. The minimum Gasteiger partial charge on any atom is -0.507 e. The summed E-state index contributed by atoms with van der Waals surface area (Å²) < 4.78 is 0. The van der Waals surface area contributed by atoms with Crippen molar-refractivity contribution in [3.8, 4) is 5.75 Å². The van der Waals surface area contributed by atoms with Gasteiger partial charge in [-0.25, -0.2) is 0 Å². The van der Waals surface area contributed by atoms with Gasteiger partial charge in [0, 0.05) is 10.6 Å². The number of allylic oxidation sites excluding steroid dienone is 3. The molecule has 2 heteroatoms. The Kier molecular flexibility index (Phi) is 17.2. The van der Waals surface area contributed by atoms with E-state index in [4.69, 9.17) is 5.73 Å². The first-order valence-corrected chi connectivity index (χ1v) is 17.9. The fourth-order valence-corrected chi connectivity index (χ4v) is 7.40. The Morgan fingerprint density at radius 2 is 1.51 bits per heavy atom. The molecular formula is C43H69NO. The van der Waals surface area contributed by atoms with Crippen molar-refractivity contribution < 1.29 is 5.11 Å². The highest BCUT2D eigenvalue weighted by atomic mass is 16.3. The Balaban J connectivity index is 0.000000562. The summed E-state index contributed by atoms with van der Waals surface area (Å²) in [5.41, 5.74) is 10.7. The second kappa shape index (κ2) is 19.2. The lowest BCUT2D eigenvalue weighted by Gasteiger charge is -2.58. The van der Waals surface area contributed by atoms with Crippen LogP contribution in [-0.2, 0) is 5.41 Å². The Hall–Kier alpha value is -2.58. The summed E-state index contributed by atoms with van der Waals surface area (Å²) in [4.78, 5) is 0. The van der Waals surface area contributed by atoms with E-state index in [0.29, 0.717) is 17.1 Å². The van der Waals surface area contributed by atoms with Gasteiger partial charge in [0.2, 0.25) is 0 Å². The molecule has 0 spiro atoms. The molecule has 45 heavy (non-hydrogen) atoms. The van der Waals surface area contributed by atoms with Crippen molar-refractivity contribution >= 4 is 12.7 Å². The van der Waals surface area contributed by atoms with Gasteiger partial charge in [-0.2, -0.15) is 0 Å². The Labute approximate surface area is 278 Å². The molecule has 0 heterocycles. The van der Waals surface area contributed by atoms with Crippen LogP contribution >= 0.6 is 0 Å². The van der Waals surface area contributed by atoms with E-state index in [0.717, 1.165) is 23.2 Å². The van der Waals surface area contributed by atoms with Crippen LogP contribution in [0.15, 0.2) is 66.8 Å². The SMILES string of the molecule is C=CC.C=c1cc2c(c(C)c1O)=CC=C1C2(C)CCC2CC(C)(CCC(C)CN)CCC12C.CC.CCCC.c1ccccc1. The molecule has 3 aliphatic rings. The molecule has 2 aromatic rings.